The van der Waals surface area contributed by atoms with E-state index in [0.717, 1.165) is 9.96 Å². The molecule has 6 heteroatoms. The third-order valence-corrected chi connectivity index (χ3v) is 3.67. The minimum atomic E-state index is -0.732. The van der Waals surface area contributed by atoms with Crippen LogP contribution in [0.2, 0.25) is 0 Å². The molecule has 0 spiro atoms. The van der Waals surface area contributed by atoms with E-state index in [2.05, 4.69) is 0 Å². The smallest absolute Gasteiger partial charge is 0.416 e. The van der Waals surface area contributed by atoms with E-state index in [1.807, 2.05) is 6.92 Å². The summed E-state index contributed by atoms with van der Waals surface area (Å²) in [5.41, 5.74) is -1.46. The Bertz CT molecular complexity index is 393. The van der Waals surface area contributed by atoms with Crippen LogP contribution in [0, 0.1) is 0 Å². The Hall–Kier alpha value is -1.14. The third-order valence-electron chi connectivity index (χ3n) is 3.67. The fraction of sp³-hybridized carbons (Fsp3) is 0.857. The summed E-state index contributed by atoms with van der Waals surface area (Å²) in [6, 6.07) is 0. The molecule has 1 fully saturated rings. The highest BCUT2D eigenvalue weighted by atomic mass is 16.6. The molecule has 1 heterocycles. The molecule has 0 saturated carbocycles. The zero-order valence-corrected chi connectivity index (χ0v) is 13.3. The fourth-order valence-corrected chi connectivity index (χ4v) is 2.39. The van der Waals surface area contributed by atoms with Gasteiger partial charge in [-0.1, -0.05) is 6.92 Å². The number of nitrogens with zero attached hydrogens (tertiary/aromatic N) is 2. The first-order chi connectivity index (χ1) is 9.01. The predicted octanol–water partition coefficient (Wildman–Crippen LogP) is 2.40. The van der Waals surface area contributed by atoms with Gasteiger partial charge in [-0.25, -0.2) is 9.69 Å². The van der Waals surface area contributed by atoms with Gasteiger partial charge in [-0.05, 0) is 41.0 Å². The van der Waals surface area contributed by atoms with Gasteiger partial charge in [0.1, 0.15) is 6.10 Å². The summed E-state index contributed by atoms with van der Waals surface area (Å²) in [6.07, 6.45) is -0.124. The van der Waals surface area contributed by atoms with E-state index in [4.69, 9.17) is 4.74 Å². The van der Waals surface area contributed by atoms with Gasteiger partial charge >= 0.3 is 6.09 Å². The van der Waals surface area contributed by atoms with Crippen molar-refractivity contribution in [3.63, 3.8) is 0 Å². The van der Waals surface area contributed by atoms with E-state index in [1.165, 1.54) is 0 Å². The number of hydrogen-bond acceptors (Lipinski definition) is 5. The first-order valence-electron chi connectivity index (χ1n) is 7.01. The van der Waals surface area contributed by atoms with Crippen molar-refractivity contribution < 1.29 is 19.5 Å². The number of rotatable bonds is 2. The Balaban J connectivity index is 2.98. The number of carbonyl (C=O) groups excluding carboxylic acids is 2. The second-order valence-electron chi connectivity index (χ2n) is 6.70. The van der Waals surface area contributed by atoms with Crippen LogP contribution in [0.1, 0.15) is 54.4 Å². The van der Waals surface area contributed by atoms with Gasteiger partial charge in [0.15, 0.2) is 0 Å². The summed E-state index contributed by atoms with van der Waals surface area (Å²) < 4.78 is 5.23. The zero-order chi connectivity index (χ0) is 15.7. The summed E-state index contributed by atoms with van der Waals surface area (Å²) in [5, 5.41) is 11.5. The second-order valence-corrected chi connectivity index (χ2v) is 6.70. The highest BCUT2D eigenvalue weighted by Gasteiger charge is 2.46. The van der Waals surface area contributed by atoms with Crippen LogP contribution in [0.25, 0.3) is 0 Å². The molecule has 0 aromatic heterocycles. The van der Waals surface area contributed by atoms with Gasteiger partial charge in [-0.3, -0.25) is 4.79 Å². The Morgan fingerprint density at radius 2 is 1.90 bits per heavy atom. The standard InChI is InChI=1S/C14H26N2O4/c1-7-10(2)20-12(18)15-9-14(5,6)16(19)13(3,4)8-11(15)17/h10,19H,7-9H2,1-6H3. The van der Waals surface area contributed by atoms with Crippen LogP contribution in [0.15, 0.2) is 0 Å². The lowest BCUT2D eigenvalue weighted by Crippen LogP contribution is -2.55. The maximum atomic E-state index is 12.3. The highest BCUT2D eigenvalue weighted by molar-refractivity contribution is 5.93. The fourth-order valence-electron chi connectivity index (χ4n) is 2.39. The van der Waals surface area contributed by atoms with Gasteiger partial charge < -0.3 is 9.94 Å². The van der Waals surface area contributed by atoms with Crippen molar-refractivity contribution >= 4 is 12.0 Å². The molecule has 1 aliphatic rings. The molecular formula is C14H26N2O4. The largest absolute Gasteiger partial charge is 0.446 e. The first kappa shape index (κ1) is 16.9. The van der Waals surface area contributed by atoms with Crippen LogP contribution in [-0.4, -0.2) is 50.9 Å². The Morgan fingerprint density at radius 3 is 2.40 bits per heavy atom. The van der Waals surface area contributed by atoms with E-state index in [1.54, 1.807) is 34.6 Å². The number of hydrogen-bond donors (Lipinski definition) is 1. The summed E-state index contributed by atoms with van der Waals surface area (Å²) in [6.45, 7) is 10.9. The molecule has 1 rings (SSSR count). The Morgan fingerprint density at radius 1 is 1.35 bits per heavy atom. The van der Waals surface area contributed by atoms with Crippen LogP contribution in [0.5, 0.6) is 0 Å². The average Bonchev–Trinajstić information content (AvgIpc) is 2.38. The second kappa shape index (κ2) is 5.69. The van der Waals surface area contributed by atoms with Gasteiger partial charge in [-0.2, -0.15) is 5.06 Å². The van der Waals surface area contributed by atoms with E-state index >= 15 is 0 Å². The molecular weight excluding hydrogens is 260 g/mol. The van der Waals surface area contributed by atoms with Crippen LogP contribution in [0.4, 0.5) is 4.79 Å². The summed E-state index contributed by atoms with van der Waals surface area (Å²) in [7, 11) is 0. The number of imide groups is 1. The van der Waals surface area contributed by atoms with Crippen molar-refractivity contribution in [3.05, 3.63) is 0 Å². The molecule has 1 N–H and O–H groups in total. The zero-order valence-electron chi connectivity index (χ0n) is 13.3. The van der Waals surface area contributed by atoms with Crippen molar-refractivity contribution in [2.45, 2.75) is 71.6 Å². The van der Waals surface area contributed by atoms with Crippen LogP contribution in [0.3, 0.4) is 0 Å². The van der Waals surface area contributed by atoms with Gasteiger partial charge in [0, 0.05) is 12.0 Å². The molecule has 0 aromatic rings. The number of ether oxygens (including phenoxy) is 1. The molecule has 0 radical (unpaired) electrons. The lowest BCUT2D eigenvalue weighted by molar-refractivity contribution is -0.218. The quantitative estimate of drug-likeness (QED) is 0.844. The van der Waals surface area contributed by atoms with Crippen molar-refractivity contribution in [2.75, 3.05) is 6.54 Å². The van der Waals surface area contributed by atoms with Crippen LogP contribution >= 0.6 is 0 Å². The summed E-state index contributed by atoms with van der Waals surface area (Å²) in [5.74, 6) is -0.326. The molecule has 6 nitrogen and oxygen atoms in total. The molecule has 1 saturated heterocycles. The maximum Gasteiger partial charge on any atom is 0.416 e. The molecule has 1 atom stereocenters. The minimum Gasteiger partial charge on any atom is -0.446 e. The molecule has 0 aromatic carbocycles. The topological polar surface area (TPSA) is 70.1 Å². The molecule has 0 bridgehead atoms. The molecule has 1 unspecified atom stereocenters. The summed E-state index contributed by atoms with van der Waals surface area (Å²) in [4.78, 5) is 25.5. The molecule has 1 aliphatic heterocycles. The molecule has 20 heavy (non-hydrogen) atoms. The van der Waals surface area contributed by atoms with E-state index in [9.17, 15) is 14.8 Å². The maximum absolute atomic E-state index is 12.3. The van der Waals surface area contributed by atoms with Gasteiger partial charge in [0.25, 0.3) is 0 Å². The molecule has 2 amide bonds. The Kier molecular flexibility index (Phi) is 4.82. The number of carbonyl (C=O) groups is 2. The average molecular weight is 286 g/mol. The van der Waals surface area contributed by atoms with E-state index in [-0.39, 0.29) is 25.0 Å². The van der Waals surface area contributed by atoms with Crippen molar-refractivity contribution in [3.8, 4) is 0 Å². The lowest BCUT2D eigenvalue weighted by atomic mass is 9.95. The highest BCUT2D eigenvalue weighted by Crippen LogP contribution is 2.31. The van der Waals surface area contributed by atoms with E-state index < -0.39 is 17.2 Å². The van der Waals surface area contributed by atoms with Crippen molar-refractivity contribution in [1.29, 1.82) is 0 Å². The van der Waals surface area contributed by atoms with Crippen LogP contribution in [-0.2, 0) is 9.53 Å². The molecule has 0 aliphatic carbocycles. The first-order valence-corrected chi connectivity index (χ1v) is 7.01. The van der Waals surface area contributed by atoms with Gasteiger partial charge in [0.05, 0.1) is 12.1 Å². The monoisotopic (exact) mass is 286 g/mol. The number of hydroxylamine groups is 2. The Labute approximate surface area is 120 Å². The van der Waals surface area contributed by atoms with E-state index in [0.29, 0.717) is 6.42 Å². The minimum absolute atomic E-state index is 0.0581. The summed E-state index contributed by atoms with van der Waals surface area (Å²) >= 11 is 0. The third kappa shape index (κ3) is 3.49. The lowest BCUT2D eigenvalue weighted by Gasteiger charge is -2.41. The number of amides is 2. The SMILES string of the molecule is CCC(C)OC(=O)N1CC(C)(C)N(O)C(C)(C)CC1=O. The van der Waals surface area contributed by atoms with Crippen molar-refractivity contribution in [2.24, 2.45) is 0 Å². The van der Waals surface area contributed by atoms with Gasteiger partial charge in [0.2, 0.25) is 5.91 Å². The predicted molar refractivity (Wildman–Crippen MR) is 74.3 cm³/mol. The van der Waals surface area contributed by atoms with Crippen molar-refractivity contribution in [1.82, 2.24) is 9.96 Å². The van der Waals surface area contributed by atoms with Gasteiger partial charge in [-0.15, -0.1) is 0 Å². The molecule has 116 valence electrons. The normalized spacial score (nSPS) is 24.1. The van der Waals surface area contributed by atoms with Crippen LogP contribution < -0.4 is 0 Å².